The van der Waals surface area contributed by atoms with Crippen LogP contribution in [0, 0.1) is 0 Å². The third kappa shape index (κ3) is 4.73. The molecule has 1 aliphatic rings. The third-order valence-electron chi connectivity index (χ3n) is 2.69. The molecule has 0 spiro atoms. The molecule has 1 amide bonds. The van der Waals surface area contributed by atoms with Crippen LogP contribution in [0.1, 0.15) is 41.0 Å². The van der Waals surface area contributed by atoms with Gasteiger partial charge in [0.2, 0.25) is 0 Å². The molecule has 0 fully saturated rings. The molecule has 0 atom stereocenters. The summed E-state index contributed by atoms with van der Waals surface area (Å²) in [4.78, 5) is 13.7. The maximum Gasteiger partial charge on any atom is 0.410 e. The van der Waals surface area contributed by atoms with Gasteiger partial charge in [-0.25, -0.2) is 4.79 Å². The first kappa shape index (κ1) is 15.1. The minimum atomic E-state index is -0.453. The largest absolute Gasteiger partial charge is 0.444 e. The number of carbonyl (C=O) groups excluding carboxylic acids is 1. The molecule has 0 saturated heterocycles. The average Bonchev–Trinajstić information content (AvgIpc) is 2.17. The highest BCUT2D eigenvalue weighted by Gasteiger charge is 2.25. The molecule has 0 aliphatic carbocycles. The van der Waals surface area contributed by atoms with E-state index >= 15 is 0 Å². The third-order valence-corrected chi connectivity index (χ3v) is 2.80. The molecule has 1 heterocycles. The Bertz CT molecular complexity index is 387. The van der Waals surface area contributed by atoms with Crippen molar-refractivity contribution in [1.29, 1.82) is 0 Å². The molecule has 1 aliphatic heterocycles. The van der Waals surface area contributed by atoms with E-state index in [1.807, 2.05) is 33.8 Å². The number of hydrogen-bond acceptors (Lipinski definition) is 2. The average molecular weight is 272 g/mol. The molecule has 1 rings (SSSR count). The molecule has 18 heavy (non-hydrogen) atoms. The van der Waals surface area contributed by atoms with Crippen molar-refractivity contribution in [1.82, 2.24) is 4.90 Å². The second-order valence-corrected chi connectivity index (χ2v) is 6.28. The fourth-order valence-corrected chi connectivity index (χ4v) is 1.91. The molecular formula is C14H22ClNO2. The number of amides is 1. The Balaban J connectivity index is 2.74. The van der Waals surface area contributed by atoms with Crippen molar-refractivity contribution < 1.29 is 9.53 Å². The summed E-state index contributed by atoms with van der Waals surface area (Å²) in [6.07, 6.45) is 2.54. The monoisotopic (exact) mass is 271 g/mol. The van der Waals surface area contributed by atoms with Crippen molar-refractivity contribution in [3.05, 3.63) is 22.3 Å². The zero-order valence-corrected chi connectivity index (χ0v) is 12.6. The number of hydrogen-bond donors (Lipinski definition) is 0. The summed E-state index contributed by atoms with van der Waals surface area (Å²) >= 11 is 5.90. The van der Waals surface area contributed by atoms with Crippen molar-refractivity contribution in [2.75, 3.05) is 13.1 Å². The van der Waals surface area contributed by atoms with E-state index in [-0.39, 0.29) is 6.09 Å². The number of halogens is 1. The van der Waals surface area contributed by atoms with Crippen molar-refractivity contribution >= 4 is 17.7 Å². The SMILES string of the molecule is CC(Cl)=CC1=C(C)CCN(C(=O)OC(C)(C)C)C1. The number of allylic oxidation sites excluding steroid dienone is 1. The lowest BCUT2D eigenvalue weighted by molar-refractivity contribution is 0.0261. The second kappa shape index (κ2) is 5.79. The molecule has 0 aromatic heterocycles. The van der Waals surface area contributed by atoms with Gasteiger partial charge < -0.3 is 9.64 Å². The molecule has 0 bridgehead atoms. The Morgan fingerprint density at radius 3 is 2.56 bits per heavy atom. The molecule has 0 aromatic carbocycles. The van der Waals surface area contributed by atoms with Crippen LogP contribution >= 0.6 is 11.6 Å². The molecular weight excluding hydrogens is 250 g/mol. The topological polar surface area (TPSA) is 29.5 Å². The standard InChI is InChI=1S/C14H22ClNO2/c1-10-6-7-16(9-12(10)8-11(2)15)13(17)18-14(3,4)5/h8H,6-7,9H2,1-5H3. The predicted molar refractivity (Wildman–Crippen MR) is 74.7 cm³/mol. The normalized spacial score (nSPS) is 18.1. The number of ether oxygens (including phenoxy) is 1. The van der Waals surface area contributed by atoms with Crippen LogP contribution in [0.3, 0.4) is 0 Å². The molecule has 3 nitrogen and oxygen atoms in total. The second-order valence-electron chi connectivity index (χ2n) is 5.69. The van der Waals surface area contributed by atoms with E-state index in [1.165, 1.54) is 5.57 Å². The molecule has 0 aromatic rings. The first-order valence-corrected chi connectivity index (χ1v) is 6.57. The van der Waals surface area contributed by atoms with Gasteiger partial charge in [0.15, 0.2) is 0 Å². The van der Waals surface area contributed by atoms with Gasteiger partial charge in [0, 0.05) is 18.1 Å². The van der Waals surface area contributed by atoms with Gasteiger partial charge in [-0.3, -0.25) is 0 Å². The predicted octanol–water partition coefficient (Wildman–Crippen LogP) is 4.09. The minimum Gasteiger partial charge on any atom is -0.444 e. The van der Waals surface area contributed by atoms with E-state index in [1.54, 1.807) is 4.90 Å². The summed E-state index contributed by atoms with van der Waals surface area (Å²) < 4.78 is 5.38. The van der Waals surface area contributed by atoms with Gasteiger partial charge in [0.25, 0.3) is 0 Å². The number of carbonyl (C=O) groups is 1. The van der Waals surface area contributed by atoms with Crippen molar-refractivity contribution in [3.63, 3.8) is 0 Å². The van der Waals surface area contributed by atoms with Gasteiger partial charge in [0.05, 0.1) is 0 Å². The van der Waals surface area contributed by atoms with E-state index in [2.05, 4.69) is 6.92 Å². The van der Waals surface area contributed by atoms with E-state index in [0.717, 1.165) is 17.0 Å². The highest BCUT2D eigenvalue weighted by Crippen LogP contribution is 2.22. The zero-order valence-electron chi connectivity index (χ0n) is 11.8. The molecule has 0 N–H and O–H groups in total. The Kier molecular flexibility index (Phi) is 4.85. The van der Waals surface area contributed by atoms with Crippen LogP contribution in [0.5, 0.6) is 0 Å². The Hall–Kier alpha value is -0.960. The Morgan fingerprint density at radius 2 is 2.06 bits per heavy atom. The van der Waals surface area contributed by atoms with Crippen LogP contribution < -0.4 is 0 Å². The minimum absolute atomic E-state index is 0.256. The van der Waals surface area contributed by atoms with E-state index < -0.39 is 5.60 Å². The fourth-order valence-electron chi connectivity index (χ4n) is 1.77. The van der Waals surface area contributed by atoms with Crippen molar-refractivity contribution in [3.8, 4) is 0 Å². The van der Waals surface area contributed by atoms with E-state index in [9.17, 15) is 4.79 Å². The van der Waals surface area contributed by atoms with Gasteiger partial charge in [-0.1, -0.05) is 17.2 Å². The lowest BCUT2D eigenvalue weighted by Gasteiger charge is -2.31. The van der Waals surface area contributed by atoms with Crippen LogP contribution in [0.15, 0.2) is 22.3 Å². The summed E-state index contributed by atoms with van der Waals surface area (Å²) in [5.41, 5.74) is 1.94. The summed E-state index contributed by atoms with van der Waals surface area (Å²) in [5.74, 6) is 0. The maximum atomic E-state index is 12.0. The van der Waals surface area contributed by atoms with Crippen molar-refractivity contribution in [2.45, 2.75) is 46.6 Å². The highest BCUT2D eigenvalue weighted by atomic mass is 35.5. The zero-order chi connectivity index (χ0) is 13.9. The number of nitrogens with zero attached hydrogens (tertiary/aromatic N) is 1. The first-order chi connectivity index (χ1) is 8.19. The van der Waals surface area contributed by atoms with E-state index in [0.29, 0.717) is 13.1 Å². The fraction of sp³-hybridized carbons (Fsp3) is 0.643. The first-order valence-electron chi connectivity index (χ1n) is 6.19. The quantitative estimate of drug-likeness (QED) is 0.719. The lowest BCUT2D eigenvalue weighted by atomic mass is 10.0. The van der Waals surface area contributed by atoms with Crippen LogP contribution in [0.25, 0.3) is 0 Å². The van der Waals surface area contributed by atoms with Gasteiger partial charge in [-0.15, -0.1) is 0 Å². The molecule has 4 heteroatoms. The molecule has 0 radical (unpaired) electrons. The van der Waals surface area contributed by atoms with Crippen LogP contribution in [-0.2, 0) is 4.74 Å². The highest BCUT2D eigenvalue weighted by molar-refractivity contribution is 6.29. The van der Waals surface area contributed by atoms with Crippen LogP contribution in [0.2, 0.25) is 0 Å². The molecule has 0 saturated carbocycles. The summed E-state index contributed by atoms with van der Waals surface area (Å²) in [7, 11) is 0. The van der Waals surface area contributed by atoms with E-state index in [4.69, 9.17) is 16.3 Å². The molecule has 0 unspecified atom stereocenters. The number of rotatable bonds is 1. The Labute approximate surface area is 114 Å². The lowest BCUT2D eigenvalue weighted by Crippen LogP contribution is -2.40. The maximum absolute atomic E-state index is 12.0. The van der Waals surface area contributed by atoms with Gasteiger partial charge >= 0.3 is 6.09 Å². The summed E-state index contributed by atoms with van der Waals surface area (Å²) in [5, 5.41) is 0.732. The summed E-state index contributed by atoms with van der Waals surface area (Å²) in [6.45, 7) is 10.8. The summed E-state index contributed by atoms with van der Waals surface area (Å²) in [6, 6.07) is 0. The van der Waals surface area contributed by atoms with Crippen molar-refractivity contribution in [2.24, 2.45) is 0 Å². The molecule has 102 valence electrons. The van der Waals surface area contributed by atoms with Gasteiger partial charge in [-0.05, 0) is 52.7 Å². The smallest absolute Gasteiger partial charge is 0.410 e. The Morgan fingerprint density at radius 1 is 1.44 bits per heavy atom. The van der Waals surface area contributed by atoms with Gasteiger partial charge in [0.1, 0.15) is 5.60 Å². The van der Waals surface area contributed by atoms with Gasteiger partial charge in [-0.2, -0.15) is 0 Å². The van der Waals surface area contributed by atoms with Crippen LogP contribution in [0.4, 0.5) is 4.79 Å². The van der Waals surface area contributed by atoms with Crippen LogP contribution in [-0.4, -0.2) is 29.7 Å².